The molecule has 1 aliphatic rings. The number of thiophene rings is 1. The Bertz CT molecular complexity index is 622. The number of benzene rings is 1. The lowest BCUT2D eigenvalue weighted by atomic mass is 10.0. The van der Waals surface area contributed by atoms with E-state index in [4.69, 9.17) is 5.26 Å². The minimum absolute atomic E-state index is 0.482. The van der Waals surface area contributed by atoms with Crippen LogP contribution in [-0.2, 0) is 6.42 Å². The number of hydrogen-bond donors (Lipinski definition) is 1. The first-order chi connectivity index (χ1) is 8.83. The van der Waals surface area contributed by atoms with Gasteiger partial charge in [0.2, 0.25) is 0 Å². The molecule has 0 saturated carbocycles. The predicted octanol–water partition coefficient (Wildman–Crippen LogP) is 3.49. The summed E-state index contributed by atoms with van der Waals surface area (Å²) in [6.07, 6.45) is 2.29. The Kier molecular flexibility index (Phi) is 2.91. The van der Waals surface area contributed by atoms with Crippen molar-refractivity contribution in [1.82, 2.24) is 5.32 Å². The summed E-state index contributed by atoms with van der Waals surface area (Å²) >= 11 is 1.58. The Morgan fingerprint density at radius 1 is 1.33 bits per heavy atom. The first-order valence-corrected chi connectivity index (χ1v) is 6.94. The number of fused-ring (bicyclic) bond motifs is 1. The van der Waals surface area contributed by atoms with Crippen LogP contribution in [0.2, 0.25) is 0 Å². The van der Waals surface area contributed by atoms with Crippen molar-refractivity contribution < 1.29 is 0 Å². The van der Waals surface area contributed by atoms with Crippen LogP contribution in [0.3, 0.4) is 0 Å². The molecular formula is C15H14N2S. The number of nitrogens with zero attached hydrogens (tertiary/aromatic N) is 1. The van der Waals surface area contributed by atoms with Gasteiger partial charge in [-0.2, -0.15) is 5.26 Å². The molecule has 1 unspecified atom stereocenters. The molecule has 1 aliphatic carbocycles. The summed E-state index contributed by atoms with van der Waals surface area (Å²) in [6, 6.07) is 13.2. The van der Waals surface area contributed by atoms with E-state index < -0.39 is 0 Å². The van der Waals surface area contributed by atoms with Crippen LogP contribution in [0.5, 0.6) is 0 Å². The van der Waals surface area contributed by atoms with E-state index in [1.807, 2.05) is 13.1 Å². The van der Waals surface area contributed by atoms with Crippen molar-refractivity contribution in [3.63, 3.8) is 0 Å². The smallest absolute Gasteiger partial charge is 0.110 e. The predicted molar refractivity (Wildman–Crippen MR) is 74.6 cm³/mol. The molecule has 0 aliphatic heterocycles. The Labute approximate surface area is 111 Å². The average molecular weight is 254 g/mol. The van der Waals surface area contributed by atoms with E-state index in [0.29, 0.717) is 6.04 Å². The minimum Gasteiger partial charge on any atom is -0.313 e. The van der Waals surface area contributed by atoms with Gasteiger partial charge in [0.25, 0.3) is 0 Å². The second-order valence-electron chi connectivity index (χ2n) is 4.53. The summed E-state index contributed by atoms with van der Waals surface area (Å²) in [4.78, 5) is 1.99. The van der Waals surface area contributed by atoms with Gasteiger partial charge in [-0.05, 0) is 48.7 Å². The number of rotatable bonds is 2. The molecule has 3 heteroatoms. The number of hydrogen-bond acceptors (Lipinski definition) is 3. The fourth-order valence-electron chi connectivity index (χ4n) is 2.73. The molecule has 18 heavy (non-hydrogen) atoms. The molecule has 0 saturated heterocycles. The quantitative estimate of drug-likeness (QED) is 0.890. The van der Waals surface area contributed by atoms with Crippen molar-refractivity contribution in [2.75, 3.05) is 7.05 Å². The highest BCUT2D eigenvalue weighted by atomic mass is 32.1. The first kappa shape index (κ1) is 11.5. The Morgan fingerprint density at radius 3 is 2.94 bits per heavy atom. The standard InChI is InChI=1S/C15H14N2S/c1-17-14-7-6-11-12(14)3-2-4-13(11)15-8-5-10(9-16)18-15/h2-5,8,14,17H,6-7H2,1H3. The third-order valence-electron chi connectivity index (χ3n) is 3.60. The summed E-state index contributed by atoms with van der Waals surface area (Å²) < 4.78 is 0. The first-order valence-electron chi connectivity index (χ1n) is 6.13. The third kappa shape index (κ3) is 1.74. The van der Waals surface area contributed by atoms with E-state index in [1.54, 1.807) is 11.3 Å². The summed E-state index contributed by atoms with van der Waals surface area (Å²) in [5.74, 6) is 0. The second-order valence-corrected chi connectivity index (χ2v) is 5.61. The van der Waals surface area contributed by atoms with Crippen LogP contribution in [0.4, 0.5) is 0 Å². The molecule has 0 spiro atoms. The van der Waals surface area contributed by atoms with E-state index in [-0.39, 0.29) is 0 Å². The van der Waals surface area contributed by atoms with Crippen molar-refractivity contribution in [3.8, 4) is 16.5 Å². The molecule has 2 aromatic rings. The third-order valence-corrected chi connectivity index (χ3v) is 4.62. The molecule has 0 radical (unpaired) electrons. The van der Waals surface area contributed by atoms with Crippen molar-refractivity contribution in [1.29, 1.82) is 5.26 Å². The fraction of sp³-hybridized carbons (Fsp3) is 0.267. The van der Waals surface area contributed by atoms with Gasteiger partial charge in [-0.25, -0.2) is 0 Å². The largest absolute Gasteiger partial charge is 0.313 e. The van der Waals surface area contributed by atoms with Gasteiger partial charge in [-0.1, -0.05) is 18.2 Å². The molecular weight excluding hydrogens is 240 g/mol. The van der Waals surface area contributed by atoms with Gasteiger partial charge in [0, 0.05) is 10.9 Å². The minimum atomic E-state index is 0.482. The number of nitrogens with one attached hydrogen (secondary N) is 1. The summed E-state index contributed by atoms with van der Waals surface area (Å²) in [5.41, 5.74) is 4.17. The molecule has 3 rings (SSSR count). The van der Waals surface area contributed by atoms with Gasteiger partial charge in [0.05, 0.1) is 0 Å². The van der Waals surface area contributed by atoms with Crippen LogP contribution in [0.25, 0.3) is 10.4 Å². The van der Waals surface area contributed by atoms with Crippen LogP contribution >= 0.6 is 11.3 Å². The van der Waals surface area contributed by atoms with Gasteiger partial charge in [0.1, 0.15) is 10.9 Å². The van der Waals surface area contributed by atoms with Crippen LogP contribution in [0.15, 0.2) is 30.3 Å². The maximum atomic E-state index is 8.92. The Balaban J connectivity index is 2.09. The van der Waals surface area contributed by atoms with Gasteiger partial charge in [-0.3, -0.25) is 0 Å². The second kappa shape index (κ2) is 4.56. The molecule has 1 N–H and O–H groups in total. The SMILES string of the molecule is CNC1CCc2c(-c3ccc(C#N)s3)cccc21. The maximum absolute atomic E-state index is 8.92. The zero-order valence-electron chi connectivity index (χ0n) is 10.2. The van der Waals surface area contributed by atoms with Crippen molar-refractivity contribution in [2.24, 2.45) is 0 Å². The number of nitriles is 1. The van der Waals surface area contributed by atoms with E-state index in [0.717, 1.165) is 11.3 Å². The van der Waals surface area contributed by atoms with E-state index in [2.05, 4.69) is 35.7 Å². The monoisotopic (exact) mass is 254 g/mol. The van der Waals surface area contributed by atoms with E-state index in [1.165, 1.54) is 28.0 Å². The lowest BCUT2D eigenvalue weighted by Crippen LogP contribution is -2.12. The van der Waals surface area contributed by atoms with Gasteiger partial charge in [-0.15, -0.1) is 11.3 Å². The highest BCUT2D eigenvalue weighted by Crippen LogP contribution is 2.39. The Morgan fingerprint density at radius 2 is 2.22 bits per heavy atom. The zero-order valence-corrected chi connectivity index (χ0v) is 11.1. The van der Waals surface area contributed by atoms with Crippen molar-refractivity contribution in [2.45, 2.75) is 18.9 Å². The summed E-state index contributed by atoms with van der Waals surface area (Å²) in [6.45, 7) is 0. The van der Waals surface area contributed by atoms with Crippen LogP contribution in [0.1, 0.15) is 28.5 Å². The average Bonchev–Trinajstić information content (AvgIpc) is 3.04. The summed E-state index contributed by atoms with van der Waals surface area (Å²) in [7, 11) is 2.02. The van der Waals surface area contributed by atoms with Gasteiger partial charge < -0.3 is 5.32 Å². The Hall–Kier alpha value is -1.63. The van der Waals surface area contributed by atoms with E-state index >= 15 is 0 Å². The lowest BCUT2D eigenvalue weighted by Gasteiger charge is -2.11. The molecule has 1 aromatic heterocycles. The van der Waals surface area contributed by atoms with Gasteiger partial charge >= 0.3 is 0 Å². The highest BCUT2D eigenvalue weighted by Gasteiger charge is 2.23. The maximum Gasteiger partial charge on any atom is 0.110 e. The van der Waals surface area contributed by atoms with E-state index in [9.17, 15) is 0 Å². The zero-order chi connectivity index (χ0) is 12.5. The van der Waals surface area contributed by atoms with Crippen LogP contribution < -0.4 is 5.32 Å². The summed E-state index contributed by atoms with van der Waals surface area (Å²) in [5, 5.41) is 12.3. The molecule has 1 atom stereocenters. The highest BCUT2D eigenvalue weighted by molar-refractivity contribution is 7.16. The molecule has 2 nitrogen and oxygen atoms in total. The van der Waals surface area contributed by atoms with Crippen LogP contribution in [-0.4, -0.2) is 7.05 Å². The molecule has 90 valence electrons. The molecule has 0 amide bonds. The van der Waals surface area contributed by atoms with Crippen molar-refractivity contribution in [3.05, 3.63) is 46.3 Å². The molecule has 1 aromatic carbocycles. The van der Waals surface area contributed by atoms with Crippen LogP contribution in [0, 0.1) is 11.3 Å². The topological polar surface area (TPSA) is 35.8 Å². The normalized spacial score (nSPS) is 17.4. The van der Waals surface area contributed by atoms with Gasteiger partial charge in [0.15, 0.2) is 0 Å². The molecule has 1 heterocycles. The molecule has 0 fully saturated rings. The molecule has 0 bridgehead atoms. The van der Waals surface area contributed by atoms with Crippen molar-refractivity contribution >= 4 is 11.3 Å². The fourth-order valence-corrected chi connectivity index (χ4v) is 3.58. The lowest BCUT2D eigenvalue weighted by molar-refractivity contribution is 0.590.